The van der Waals surface area contributed by atoms with Crippen LogP contribution in [0.15, 0.2) is 42.5 Å². The van der Waals surface area contributed by atoms with Crippen molar-refractivity contribution in [2.75, 3.05) is 21.3 Å². The number of hydrazine groups is 1. The minimum Gasteiger partial charge on any atom is -0.497 e. The van der Waals surface area contributed by atoms with E-state index in [0.717, 1.165) is 16.9 Å². The Hall–Kier alpha value is -2.77. The van der Waals surface area contributed by atoms with Gasteiger partial charge in [-0.1, -0.05) is 18.2 Å². The van der Waals surface area contributed by atoms with Crippen molar-refractivity contribution in [3.8, 4) is 17.2 Å². The third-order valence-corrected chi connectivity index (χ3v) is 5.37. The molecule has 4 rings (SSSR count). The van der Waals surface area contributed by atoms with E-state index in [2.05, 4.69) is 16.2 Å². The lowest BCUT2D eigenvalue weighted by Gasteiger charge is -2.25. The average molecular weight is 369 g/mol. The molecule has 2 fully saturated rings. The first-order chi connectivity index (χ1) is 13.2. The highest BCUT2D eigenvalue weighted by Gasteiger charge is 2.51. The number of nitrogens with one attached hydrogen (secondary N) is 3. The summed E-state index contributed by atoms with van der Waals surface area (Å²) in [4.78, 5) is 12.5. The van der Waals surface area contributed by atoms with Crippen LogP contribution in [-0.2, 0) is 4.79 Å². The Morgan fingerprint density at radius 2 is 1.41 bits per heavy atom. The second kappa shape index (κ2) is 7.09. The molecule has 0 aromatic heterocycles. The molecule has 3 N–H and O–H groups in total. The zero-order valence-corrected chi connectivity index (χ0v) is 15.5. The number of benzene rings is 2. The van der Waals surface area contributed by atoms with Gasteiger partial charge in [0.1, 0.15) is 11.8 Å². The SMILES string of the molecule is COc1ccc(C2NNC3C(=O)NC(c4ccc(OC)c(OC)c4)C32)cc1. The molecule has 7 heteroatoms. The summed E-state index contributed by atoms with van der Waals surface area (Å²) in [5, 5.41) is 3.12. The van der Waals surface area contributed by atoms with Crippen LogP contribution in [0.5, 0.6) is 17.2 Å². The molecule has 7 nitrogen and oxygen atoms in total. The molecule has 1 amide bonds. The molecule has 142 valence electrons. The van der Waals surface area contributed by atoms with Crippen LogP contribution in [0.1, 0.15) is 23.2 Å². The first-order valence-electron chi connectivity index (χ1n) is 8.83. The molecule has 2 aliphatic heterocycles. The Morgan fingerprint density at radius 1 is 0.741 bits per heavy atom. The normalized spacial score (nSPS) is 26.4. The summed E-state index contributed by atoms with van der Waals surface area (Å²) in [7, 11) is 4.86. The molecule has 27 heavy (non-hydrogen) atoms. The van der Waals surface area contributed by atoms with E-state index < -0.39 is 0 Å². The van der Waals surface area contributed by atoms with E-state index in [4.69, 9.17) is 14.2 Å². The number of hydrogen-bond acceptors (Lipinski definition) is 6. The van der Waals surface area contributed by atoms with E-state index in [9.17, 15) is 4.79 Å². The van der Waals surface area contributed by atoms with E-state index in [1.807, 2.05) is 42.5 Å². The number of carbonyl (C=O) groups excluding carboxylic acids is 1. The van der Waals surface area contributed by atoms with E-state index in [0.29, 0.717) is 11.5 Å². The van der Waals surface area contributed by atoms with E-state index in [1.54, 1.807) is 21.3 Å². The quantitative estimate of drug-likeness (QED) is 0.745. The largest absolute Gasteiger partial charge is 0.497 e. The van der Waals surface area contributed by atoms with Gasteiger partial charge in [0.25, 0.3) is 0 Å². The van der Waals surface area contributed by atoms with Crippen LogP contribution in [0.3, 0.4) is 0 Å². The lowest BCUT2D eigenvalue weighted by molar-refractivity contribution is -0.121. The van der Waals surface area contributed by atoms with Crippen LogP contribution in [-0.4, -0.2) is 33.3 Å². The zero-order valence-electron chi connectivity index (χ0n) is 15.5. The van der Waals surface area contributed by atoms with Gasteiger partial charge in [0.15, 0.2) is 11.5 Å². The fourth-order valence-corrected chi connectivity index (χ4v) is 4.00. The van der Waals surface area contributed by atoms with Gasteiger partial charge in [-0.2, -0.15) is 0 Å². The smallest absolute Gasteiger partial charge is 0.239 e. The maximum absolute atomic E-state index is 12.5. The molecule has 2 saturated heterocycles. The highest BCUT2D eigenvalue weighted by atomic mass is 16.5. The molecule has 0 bridgehead atoms. The summed E-state index contributed by atoms with van der Waals surface area (Å²) in [6.07, 6.45) is 0. The van der Waals surface area contributed by atoms with Gasteiger partial charge in [0, 0.05) is 5.92 Å². The first kappa shape index (κ1) is 17.6. The number of fused-ring (bicyclic) bond motifs is 1. The highest BCUT2D eigenvalue weighted by molar-refractivity contribution is 5.86. The molecule has 2 aliphatic rings. The zero-order chi connectivity index (χ0) is 19.0. The molecule has 0 spiro atoms. The van der Waals surface area contributed by atoms with Gasteiger partial charge in [-0.25, -0.2) is 10.9 Å². The van der Waals surface area contributed by atoms with Gasteiger partial charge in [-0.05, 0) is 35.4 Å². The Balaban J connectivity index is 1.68. The van der Waals surface area contributed by atoms with Crippen LogP contribution in [0.25, 0.3) is 0 Å². The minimum absolute atomic E-state index is 0.0108. The molecule has 0 saturated carbocycles. The van der Waals surface area contributed by atoms with Gasteiger partial charge < -0.3 is 19.5 Å². The Morgan fingerprint density at radius 3 is 2.07 bits per heavy atom. The summed E-state index contributed by atoms with van der Waals surface area (Å²) in [5.74, 6) is 2.12. The van der Waals surface area contributed by atoms with Gasteiger partial charge in [-0.3, -0.25) is 4.79 Å². The molecule has 0 aliphatic carbocycles. The van der Waals surface area contributed by atoms with E-state index >= 15 is 0 Å². The molecule has 2 aromatic rings. The van der Waals surface area contributed by atoms with Crippen molar-refractivity contribution >= 4 is 5.91 Å². The fourth-order valence-electron chi connectivity index (χ4n) is 4.00. The van der Waals surface area contributed by atoms with Gasteiger partial charge in [0.05, 0.1) is 33.4 Å². The molecular formula is C20H23N3O4. The molecule has 2 heterocycles. The second-order valence-corrected chi connectivity index (χ2v) is 6.70. The average Bonchev–Trinajstić information content (AvgIpc) is 3.29. The third kappa shape index (κ3) is 2.98. The van der Waals surface area contributed by atoms with Crippen molar-refractivity contribution in [2.45, 2.75) is 18.1 Å². The van der Waals surface area contributed by atoms with Crippen LogP contribution in [0.4, 0.5) is 0 Å². The second-order valence-electron chi connectivity index (χ2n) is 6.70. The maximum Gasteiger partial charge on any atom is 0.239 e. The van der Waals surface area contributed by atoms with Crippen molar-refractivity contribution in [1.82, 2.24) is 16.2 Å². The van der Waals surface area contributed by atoms with Crippen LogP contribution < -0.4 is 30.4 Å². The standard InChI is InChI=1S/C20H23N3O4/c1-25-13-7-4-11(5-8-13)18-16-17(21-20(24)19(16)23-22-18)12-6-9-14(26-2)15(10-12)27-3/h4-10,16-19,22-23H,1-3H3,(H,21,24). The third-order valence-electron chi connectivity index (χ3n) is 5.37. The number of amides is 1. The number of rotatable bonds is 5. The van der Waals surface area contributed by atoms with Crippen molar-refractivity contribution in [3.05, 3.63) is 53.6 Å². The summed E-state index contributed by atoms with van der Waals surface area (Å²) in [6.45, 7) is 0. The van der Waals surface area contributed by atoms with Gasteiger partial charge in [-0.15, -0.1) is 0 Å². The Bertz CT molecular complexity index is 840. The van der Waals surface area contributed by atoms with Crippen LogP contribution >= 0.6 is 0 Å². The van der Waals surface area contributed by atoms with Crippen molar-refractivity contribution in [3.63, 3.8) is 0 Å². The number of hydrogen-bond donors (Lipinski definition) is 3. The summed E-state index contributed by atoms with van der Waals surface area (Å²) >= 11 is 0. The summed E-state index contributed by atoms with van der Waals surface area (Å²) < 4.78 is 16.0. The van der Waals surface area contributed by atoms with Crippen LogP contribution in [0.2, 0.25) is 0 Å². The van der Waals surface area contributed by atoms with Gasteiger partial charge in [0.2, 0.25) is 5.91 Å². The van der Waals surface area contributed by atoms with Crippen LogP contribution in [0, 0.1) is 5.92 Å². The van der Waals surface area contributed by atoms with E-state index in [-0.39, 0.29) is 30.0 Å². The predicted molar refractivity (Wildman–Crippen MR) is 99.7 cm³/mol. The number of ether oxygens (including phenoxy) is 3. The van der Waals surface area contributed by atoms with Crippen molar-refractivity contribution in [2.24, 2.45) is 5.92 Å². The molecule has 4 atom stereocenters. The minimum atomic E-state index is -0.296. The Kier molecular flexibility index (Phi) is 4.63. The number of carbonyl (C=O) groups is 1. The molecular weight excluding hydrogens is 346 g/mol. The van der Waals surface area contributed by atoms with Crippen molar-refractivity contribution in [1.29, 1.82) is 0 Å². The molecule has 0 radical (unpaired) electrons. The lowest BCUT2D eigenvalue weighted by atomic mass is 9.83. The monoisotopic (exact) mass is 369 g/mol. The maximum atomic E-state index is 12.5. The molecule has 4 unspecified atom stereocenters. The first-order valence-corrected chi connectivity index (χ1v) is 8.83. The fraction of sp³-hybridized carbons (Fsp3) is 0.350. The Labute approximate surface area is 158 Å². The highest BCUT2D eigenvalue weighted by Crippen LogP contribution is 2.43. The van der Waals surface area contributed by atoms with E-state index in [1.165, 1.54) is 0 Å². The van der Waals surface area contributed by atoms with Crippen molar-refractivity contribution < 1.29 is 19.0 Å². The van der Waals surface area contributed by atoms with Gasteiger partial charge >= 0.3 is 0 Å². The number of methoxy groups -OCH3 is 3. The summed E-state index contributed by atoms with van der Waals surface area (Å²) in [5.41, 5.74) is 8.51. The summed E-state index contributed by atoms with van der Waals surface area (Å²) in [6, 6.07) is 13.2. The lowest BCUT2D eigenvalue weighted by Crippen LogP contribution is -2.39. The molecule has 2 aromatic carbocycles. The predicted octanol–water partition coefficient (Wildman–Crippen LogP) is 1.72. The topological polar surface area (TPSA) is 80.9 Å².